The predicted molar refractivity (Wildman–Crippen MR) is 64.3 cm³/mol. The van der Waals surface area contributed by atoms with Gasteiger partial charge in [0.2, 0.25) is 0 Å². The molecule has 1 atom stereocenters. The SMILES string of the molecule is NCC1Oc2ccccc2-c2ccc(F)cc21. The predicted octanol–water partition coefficient (Wildman–Crippen LogP) is 2.88. The minimum absolute atomic E-state index is 0.259. The highest BCUT2D eigenvalue weighted by Crippen LogP contribution is 2.41. The Morgan fingerprint density at radius 2 is 1.94 bits per heavy atom. The molecule has 0 saturated heterocycles. The van der Waals surface area contributed by atoms with E-state index >= 15 is 0 Å². The van der Waals surface area contributed by atoms with Crippen LogP contribution in [-0.2, 0) is 0 Å². The first-order chi connectivity index (χ1) is 8.29. The fourth-order valence-electron chi connectivity index (χ4n) is 2.23. The molecule has 2 aromatic rings. The zero-order valence-corrected chi connectivity index (χ0v) is 9.19. The fraction of sp³-hybridized carbons (Fsp3) is 0.143. The van der Waals surface area contributed by atoms with Crippen LogP contribution >= 0.6 is 0 Å². The van der Waals surface area contributed by atoms with Gasteiger partial charge in [0.25, 0.3) is 0 Å². The van der Waals surface area contributed by atoms with E-state index in [-0.39, 0.29) is 11.9 Å². The van der Waals surface area contributed by atoms with Crippen LogP contribution in [0.3, 0.4) is 0 Å². The van der Waals surface area contributed by atoms with Gasteiger partial charge in [-0.25, -0.2) is 4.39 Å². The summed E-state index contributed by atoms with van der Waals surface area (Å²) in [6, 6.07) is 12.5. The van der Waals surface area contributed by atoms with Gasteiger partial charge in [0.1, 0.15) is 17.7 Å². The zero-order valence-electron chi connectivity index (χ0n) is 9.19. The molecule has 86 valence electrons. The highest BCUT2D eigenvalue weighted by atomic mass is 19.1. The van der Waals surface area contributed by atoms with Gasteiger partial charge < -0.3 is 10.5 Å². The zero-order chi connectivity index (χ0) is 11.8. The Morgan fingerprint density at radius 3 is 2.76 bits per heavy atom. The molecular weight excluding hydrogens is 217 g/mol. The van der Waals surface area contributed by atoms with Crippen molar-refractivity contribution in [1.29, 1.82) is 0 Å². The summed E-state index contributed by atoms with van der Waals surface area (Å²) < 4.78 is 19.1. The van der Waals surface area contributed by atoms with E-state index in [0.717, 1.165) is 22.4 Å². The first-order valence-corrected chi connectivity index (χ1v) is 5.55. The van der Waals surface area contributed by atoms with Crippen LogP contribution in [0.15, 0.2) is 42.5 Å². The molecule has 0 bridgehead atoms. The molecule has 0 aromatic heterocycles. The van der Waals surface area contributed by atoms with Crippen LogP contribution in [0, 0.1) is 5.82 Å². The summed E-state index contributed by atoms with van der Waals surface area (Å²) in [7, 11) is 0. The second kappa shape index (κ2) is 3.86. The van der Waals surface area contributed by atoms with Gasteiger partial charge in [0.05, 0.1) is 0 Å². The maximum absolute atomic E-state index is 13.3. The summed E-state index contributed by atoms with van der Waals surface area (Å²) in [5.74, 6) is 0.548. The first-order valence-electron chi connectivity index (χ1n) is 5.55. The quantitative estimate of drug-likeness (QED) is 0.816. The van der Waals surface area contributed by atoms with E-state index in [4.69, 9.17) is 10.5 Å². The molecule has 0 spiro atoms. The minimum atomic E-state index is -0.268. The van der Waals surface area contributed by atoms with E-state index < -0.39 is 0 Å². The molecule has 1 unspecified atom stereocenters. The van der Waals surface area contributed by atoms with Crippen molar-refractivity contribution in [3.63, 3.8) is 0 Å². The van der Waals surface area contributed by atoms with Gasteiger partial charge >= 0.3 is 0 Å². The normalized spacial score (nSPS) is 16.9. The molecule has 0 radical (unpaired) electrons. The van der Waals surface area contributed by atoms with Gasteiger partial charge in [-0.1, -0.05) is 24.3 Å². The van der Waals surface area contributed by atoms with Crippen LogP contribution in [0.25, 0.3) is 11.1 Å². The number of ether oxygens (including phenoxy) is 1. The Morgan fingerprint density at radius 1 is 1.12 bits per heavy atom. The topological polar surface area (TPSA) is 35.2 Å². The first kappa shape index (κ1) is 10.3. The summed E-state index contributed by atoms with van der Waals surface area (Å²) >= 11 is 0. The van der Waals surface area contributed by atoms with Crippen LogP contribution in [0.1, 0.15) is 11.7 Å². The molecule has 1 aliphatic heterocycles. The summed E-state index contributed by atoms with van der Waals surface area (Å²) in [5, 5.41) is 0. The highest BCUT2D eigenvalue weighted by Gasteiger charge is 2.24. The van der Waals surface area contributed by atoms with E-state index in [0.29, 0.717) is 6.54 Å². The third-order valence-electron chi connectivity index (χ3n) is 3.02. The van der Waals surface area contributed by atoms with Gasteiger partial charge in [-0.3, -0.25) is 0 Å². The minimum Gasteiger partial charge on any atom is -0.484 e. The third-order valence-corrected chi connectivity index (χ3v) is 3.02. The third kappa shape index (κ3) is 1.59. The second-order valence-corrected chi connectivity index (χ2v) is 4.07. The highest BCUT2D eigenvalue weighted by molar-refractivity contribution is 5.75. The molecular formula is C14H12FNO. The molecule has 2 aromatic carbocycles. The lowest BCUT2D eigenvalue weighted by atomic mass is 9.93. The van der Waals surface area contributed by atoms with Crippen LogP contribution in [0.2, 0.25) is 0 Å². The van der Waals surface area contributed by atoms with Gasteiger partial charge in [-0.05, 0) is 23.8 Å². The van der Waals surface area contributed by atoms with Crippen LogP contribution < -0.4 is 10.5 Å². The molecule has 3 rings (SSSR count). The molecule has 1 heterocycles. The molecule has 17 heavy (non-hydrogen) atoms. The lowest BCUT2D eigenvalue weighted by Crippen LogP contribution is -2.22. The Hall–Kier alpha value is -1.87. The van der Waals surface area contributed by atoms with Gasteiger partial charge in [-0.15, -0.1) is 0 Å². The van der Waals surface area contributed by atoms with Gasteiger partial charge in [0.15, 0.2) is 0 Å². The Labute approximate surface area is 98.8 Å². The van der Waals surface area contributed by atoms with Crippen molar-refractivity contribution >= 4 is 0 Å². The Bertz CT molecular complexity index is 568. The van der Waals surface area contributed by atoms with Crippen molar-refractivity contribution in [2.75, 3.05) is 6.54 Å². The number of para-hydroxylation sites is 1. The van der Waals surface area contributed by atoms with Crippen LogP contribution in [0.5, 0.6) is 5.75 Å². The average Bonchev–Trinajstić information content (AvgIpc) is 2.37. The molecule has 1 aliphatic rings. The van der Waals surface area contributed by atoms with E-state index in [2.05, 4.69) is 0 Å². The summed E-state index contributed by atoms with van der Waals surface area (Å²) in [4.78, 5) is 0. The van der Waals surface area contributed by atoms with Gasteiger partial charge in [0, 0.05) is 17.7 Å². The summed E-state index contributed by atoms with van der Waals surface area (Å²) in [5.41, 5.74) is 8.50. The van der Waals surface area contributed by atoms with Crippen molar-refractivity contribution in [3.05, 3.63) is 53.8 Å². The number of benzene rings is 2. The molecule has 0 saturated carbocycles. The van der Waals surface area contributed by atoms with E-state index in [9.17, 15) is 4.39 Å². The standard InChI is InChI=1S/C14H12FNO/c15-9-5-6-10-11-3-1-2-4-13(11)17-14(8-16)12(10)7-9/h1-7,14H,8,16H2. The van der Waals surface area contributed by atoms with Crippen LogP contribution in [-0.4, -0.2) is 6.54 Å². The number of halogens is 1. The lowest BCUT2D eigenvalue weighted by Gasteiger charge is -2.27. The fourth-order valence-corrected chi connectivity index (χ4v) is 2.23. The Balaban J connectivity index is 2.25. The average molecular weight is 229 g/mol. The van der Waals surface area contributed by atoms with E-state index in [1.807, 2.05) is 24.3 Å². The maximum atomic E-state index is 13.3. The van der Waals surface area contributed by atoms with E-state index in [1.54, 1.807) is 6.07 Å². The molecule has 3 heteroatoms. The monoisotopic (exact) mass is 229 g/mol. The number of hydrogen-bond acceptors (Lipinski definition) is 2. The number of fused-ring (bicyclic) bond motifs is 3. The largest absolute Gasteiger partial charge is 0.484 e. The maximum Gasteiger partial charge on any atom is 0.137 e. The molecule has 2 N–H and O–H groups in total. The van der Waals surface area contributed by atoms with Crippen molar-refractivity contribution in [2.45, 2.75) is 6.10 Å². The number of rotatable bonds is 1. The van der Waals surface area contributed by atoms with Gasteiger partial charge in [-0.2, -0.15) is 0 Å². The smallest absolute Gasteiger partial charge is 0.137 e. The Kier molecular flexibility index (Phi) is 2.34. The van der Waals surface area contributed by atoms with Crippen molar-refractivity contribution in [3.8, 4) is 16.9 Å². The van der Waals surface area contributed by atoms with Crippen molar-refractivity contribution in [1.82, 2.24) is 0 Å². The number of hydrogen-bond donors (Lipinski definition) is 1. The lowest BCUT2D eigenvalue weighted by molar-refractivity contribution is 0.210. The van der Waals surface area contributed by atoms with Crippen molar-refractivity contribution in [2.24, 2.45) is 5.73 Å². The van der Waals surface area contributed by atoms with Crippen molar-refractivity contribution < 1.29 is 9.13 Å². The molecule has 0 fully saturated rings. The van der Waals surface area contributed by atoms with Crippen LogP contribution in [0.4, 0.5) is 4.39 Å². The van der Waals surface area contributed by atoms with E-state index in [1.165, 1.54) is 12.1 Å². The summed E-state index contributed by atoms with van der Waals surface area (Å²) in [6.07, 6.45) is -0.268. The molecule has 2 nitrogen and oxygen atoms in total. The molecule has 0 amide bonds. The summed E-state index contributed by atoms with van der Waals surface area (Å²) in [6.45, 7) is 0.338. The second-order valence-electron chi connectivity index (χ2n) is 4.07. The molecule has 0 aliphatic carbocycles. The number of nitrogens with two attached hydrogens (primary N) is 1.